The predicted octanol–water partition coefficient (Wildman–Crippen LogP) is 2.84. The molecule has 2 atom stereocenters. The van der Waals surface area contributed by atoms with Crippen LogP contribution in [0.2, 0.25) is 0 Å². The Morgan fingerprint density at radius 1 is 1.25 bits per heavy atom. The zero-order valence-electron chi connectivity index (χ0n) is 15.9. The fourth-order valence-electron chi connectivity index (χ4n) is 3.70. The summed E-state index contributed by atoms with van der Waals surface area (Å²) in [7, 11) is 0. The van der Waals surface area contributed by atoms with Crippen molar-refractivity contribution in [3.8, 4) is 0 Å². The molecule has 2 heterocycles. The van der Waals surface area contributed by atoms with Gasteiger partial charge in [-0.2, -0.15) is 0 Å². The van der Waals surface area contributed by atoms with Crippen LogP contribution in [0, 0.1) is 0 Å². The van der Waals surface area contributed by atoms with E-state index in [9.17, 15) is 13.6 Å². The minimum atomic E-state index is -2.81. The lowest BCUT2D eigenvalue weighted by Crippen LogP contribution is -2.58. The Morgan fingerprint density at radius 3 is 2.46 bits per heavy atom. The van der Waals surface area contributed by atoms with Crippen LogP contribution >= 0.6 is 24.8 Å². The summed E-state index contributed by atoms with van der Waals surface area (Å²) in [4.78, 5) is 12.3. The van der Waals surface area contributed by atoms with Gasteiger partial charge in [0.2, 0.25) is 5.91 Å². The fourth-order valence-corrected chi connectivity index (χ4v) is 3.70. The molecule has 28 heavy (non-hydrogen) atoms. The first kappa shape index (κ1) is 25.0. The van der Waals surface area contributed by atoms with Gasteiger partial charge in [-0.3, -0.25) is 10.1 Å². The van der Waals surface area contributed by atoms with Crippen LogP contribution in [0.5, 0.6) is 0 Å². The van der Waals surface area contributed by atoms with Gasteiger partial charge in [-0.25, -0.2) is 8.78 Å². The Morgan fingerprint density at radius 2 is 1.89 bits per heavy atom. The van der Waals surface area contributed by atoms with Gasteiger partial charge in [0.25, 0.3) is 5.92 Å². The topological polar surface area (TPSA) is 62.4 Å². The molecule has 1 aromatic rings. The van der Waals surface area contributed by atoms with E-state index >= 15 is 0 Å². The molecule has 3 rings (SSSR count). The van der Waals surface area contributed by atoms with Crippen molar-refractivity contribution in [2.45, 2.75) is 49.7 Å². The molecule has 2 aliphatic heterocycles. The molecule has 0 radical (unpaired) electrons. The maximum atomic E-state index is 13.3. The lowest BCUT2D eigenvalue weighted by atomic mass is 9.88. The summed E-state index contributed by atoms with van der Waals surface area (Å²) in [6.45, 7) is 3.28. The van der Waals surface area contributed by atoms with Gasteiger partial charge in [-0.15, -0.1) is 24.8 Å². The first-order valence-electron chi connectivity index (χ1n) is 9.19. The number of ether oxygens (including phenoxy) is 1. The van der Waals surface area contributed by atoms with E-state index in [0.717, 1.165) is 12.8 Å². The van der Waals surface area contributed by atoms with Crippen molar-refractivity contribution in [1.82, 2.24) is 16.0 Å². The van der Waals surface area contributed by atoms with E-state index in [2.05, 4.69) is 35.0 Å². The minimum absolute atomic E-state index is 0. The van der Waals surface area contributed by atoms with Gasteiger partial charge in [0.15, 0.2) is 0 Å². The largest absolute Gasteiger partial charge is 0.381 e. The highest BCUT2D eigenvalue weighted by atomic mass is 35.5. The van der Waals surface area contributed by atoms with Gasteiger partial charge in [-0.05, 0) is 25.3 Å². The number of rotatable bonds is 6. The number of amides is 1. The molecule has 0 spiro atoms. The van der Waals surface area contributed by atoms with Crippen molar-refractivity contribution in [2.24, 2.45) is 0 Å². The number of halogens is 4. The van der Waals surface area contributed by atoms with Crippen molar-refractivity contribution >= 4 is 30.7 Å². The highest BCUT2D eigenvalue weighted by molar-refractivity contribution is 5.85. The van der Waals surface area contributed by atoms with Crippen LogP contribution in [-0.2, 0) is 9.53 Å². The second kappa shape index (κ2) is 10.7. The third-order valence-electron chi connectivity index (χ3n) is 5.30. The van der Waals surface area contributed by atoms with Crippen LogP contribution in [-0.4, -0.2) is 49.7 Å². The maximum absolute atomic E-state index is 13.3. The second-order valence-electron chi connectivity index (χ2n) is 7.38. The van der Waals surface area contributed by atoms with E-state index in [-0.39, 0.29) is 42.3 Å². The molecule has 2 fully saturated rings. The highest BCUT2D eigenvalue weighted by Crippen LogP contribution is 2.27. The summed E-state index contributed by atoms with van der Waals surface area (Å²) in [6.07, 6.45) is 1.08. The molecule has 0 saturated carbocycles. The second-order valence-corrected chi connectivity index (χ2v) is 7.38. The number of carbonyl (C=O) groups is 1. The summed E-state index contributed by atoms with van der Waals surface area (Å²) in [5.74, 6) is -3.17. The normalized spacial score (nSPS) is 23.8. The number of hydrogen-bond donors (Lipinski definition) is 3. The molecule has 5 nitrogen and oxygen atoms in total. The van der Waals surface area contributed by atoms with Gasteiger partial charge in [-0.1, -0.05) is 30.3 Å². The fraction of sp³-hybridized carbons (Fsp3) is 0.632. The zero-order valence-corrected chi connectivity index (χ0v) is 17.5. The molecule has 9 heteroatoms. The van der Waals surface area contributed by atoms with Crippen molar-refractivity contribution < 1.29 is 18.3 Å². The Hall–Kier alpha value is -0.990. The van der Waals surface area contributed by atoms with E-state index in [0.29, 0.717) is 19.8 Å². The van der Waals surface area contributed by atoms with Crippen LogP contribution in [0.1, 0.15) is 37.8 Å². The van der Waals surface area contributed by atoms with E-state index < -0.39 is 24.9 Å². The molecule has 0 aliphatic carbocycles. The molecule has 3 N–H and O–H groups in total. The van der Waals surface area contributed by atoms with Gasteiger partial charge in [0.05, 0.1) is 12.6 Å². The number of hydrogen-bond acceptors (Lipinski definition) is 4. The minimum Gasteiger partial charge on any atom is -0.381 e. The number of carbonyl (C=O) groups excluding carboxylic acids is 1. The van der Waals surface area contributed by atoms with Gasteiger partial charge in [0.1, 0.15) is 0 Å². The predicted molar refractivity (Wildman–Crippen MR) is 110 cm³/mol. The van der Waals surface area contributed by atoms with E-state index in [1.54, 1.807) is 0 Å². The van der Waals surface area contributed by atoms with Gasteiger partial charge in [0, 0.05) is 37.8 Å². The molecule has 0 aromatic heterocycles. The smallest absolute Gasteiger partial charge is 0.262 e. The first-order chi connectivity index (χ1) is 12.4. The lowest BCUT2D eigenvalue weighted by Gasteiger charge is -2.40. The Bertz CT molecular complexity index is 616. The molecule has 2 unspecified atom stereocenters. The molecule has 0 bridgehead atoms. The van der Waals surface area contributed by atoms with Gasteiger partial charge < -0.3 is 15.4 Å². The summed E-state index contributed by atoms with van der Waals surface area (Å²) < 4.78 is 32.1. The van der Waals surface area contributed by atoms with E-state index in [1.165, 1.54) is 5.56 Å². The molecule has 1 aromatic carbocycles. The van der Waals surface area contributed by atoms with Crippen LogP contribution < -0.4 is 16.0 Å². The molecular weight excluding hydrogens is 411 g/mol. The lowest BCUT2D eigenvalue weighted by molar-refractivity contribution is -0.124. The van der Waals surface area contributed by atoms with Crippen LogP contribution in [0.4, 0.5) is 8.78 Å². The summed E-state index contributed by atoms with van der Waals surface area (Å²) in [6, 6.07) is 9.39. The Labute approximate surface area is 177 Å². The van der Waals surface area contributed by atoms with Crippen molar-refractivity contribution in [3.63, 3.8) is 0 Å². The monoisotopic (exact) mass is 439 g/mol. The quantitative estimate of drug-likeness (QED) is 0.637. The van der Waals surface area contributed by atoms with E-state index in [1.807, 2.05) is 18.2 Å². The summed E-state index contributed by atoms with van der Waals surface area (Å²) in [5.41, 5.74) is 0.867. The highest BCUT2D eigenvalue weighted by Gasteiger charge is 2.43. The molecule has 160 valence electrons. The van der Waals surface area contributed by atoms with Crippen LogP contribution in [0.3, 0.4) is 0 Å². The molecular formula is C19H29Cl2F2N3O2. The van der Waals surface area contributed by atoms with Gasteiger partial charge >= 0.3 is 0 Å². The van der Waals surface area contributed by atoms with Crippen LogP contribution in [0.25, 0.3) is 0 Å². The average Bonchev–Trinajstić information content (AvgIpc) is 3.01. The third kappa shape index (κ3) is 6.52. The Kier molecular flexibility index (Phi) is 9.56. The van der Waals surface area contributed by atoms with Crippen molar-refractivity contribution in [1.29, 1.82) is 0 Å². The number of nitrogens with one attached hydrogen (secondary N) is 3. The SMILES string of the molecule is CC(NC1(CNC(=O)C2CC(F)(F)CN2)CCOCC1)c1ccccc1.Cl.Cl. The number of alkyl halides is 2. The summed E-state index contributed by atoms with van der Waals surface area (Å²) >= 11 is 0. The molecule has 2 saturated heterocycles. The first-order valence-corrected chi connectivity index (χ1v) is 9.19. The zero-order chi connectivity index (χ0) is 18.6. The molecule has 2 aliphatic rings. The Balaban J connectivity index is 0.00000196. The third-order valence-corrected chi connectivity index (χ3v) is 5.30. The average molecular weight is 440 g/mol. The van der Waals surface area contributed by atoms with E-state index in [4.69, 9.17) is 4.74 Å². The maximum Gasteiger partial charge on any atom is 0.262 e. The number of benzene rings is 1. The van der Waals surface area contributed by atoms with Crippen molar-refractivity contribution in [2.75, 3.05) is 26.3 Å². The standard InChI is InChI=1S/C19H27F2N3O2.2ClH/c1-14(15-5-3-2-4-6-15)24-18(7-9-26-10-8-18)12-23-17(25)16-11-19(20,21)13-22-16;;/h2-6,14,16,22,24H,7-13H2,1H3,(H,23,25);2*1H. The van der Waals surface area contributed by atoms with Crippen molar-refractivity contribution in [3.05, 3.63) is 35.9 Å². The summed E-state index contributed by atoms with van der Waals surface area (Å²) in [5, 5.41) is 9.13. The molecule has 1 amide bonds. The van der Waals surface area contributed by atoms with Crippen LogP contribution in [0.15, 0.2) is 30.3 Å².